The molecule has 27 rings (SSSR count). The van der Waals surface area contributed by atoms with Gasteiger partial charge in [0.15, 0.2) is 52.4 Å². The summed E-state index contributed by atoms with van der Waals surface area (Å²) in [6.07, 6.45) is 0. The van der Waals surface area contributed by atoms with E-state index in [-0.39, 0.29) is 27.1 Å². The molecule has 22 aromatic rings. The lowest BCUT2D eigenvalue weighted by molar-refractivity contribution is 0.659. The van der Waals surface area contributed by atoms with Gasteiger partial charge in [-0.05, 0) is 203 Å². The van der Waals surface area contributed by atoms with Crippen LogP contribution in [0.3, 0.4) is 0 Å². The standard InChI is InChI=1S/C48H35N3.2C45H35N3/c1-48(2)42-24-10-9-22-41(42)44-40(23-13-25-43(44)48)34-26-28-35(29-27-34)45-49-46(38-20-11-18-36(30-38)32-14-5-3-6-15-32)51-47(50-45)39-21-12-19-37(31-39)33-16-7-4-8-17-33;1-44(2)38-26-30(32-19-13-20-36-33-18-11-12-21-37(33)45(3,4)40(32)36)22-24-34(38)35-25-23-31(27-39(35)44)43-47-41(28-14-7-5-8-15-28)46-42(48-43)29-16-9-6-10-17-29;1-44(2)36-20-12-11-18-35(36)40-32(19-13-21-37(40)44)30-22-24-33-34-25-23-31(27-39(34)45(3,4)38(33)26-30)43-47-41(28-14-7-5-8-15-28)46-42(48-43)29-16-9-6-10-17-29/h3-31H,1-2H3;2*5-27H,1-4H3. The lowest BCUT2D eigenvalue weighted by Crippen LogP contribution is -2.17. The number of fused-ring (bicyclic) bond motifs is 15. The fourth-order valence-corrected chi connectivity index (χ4v) is 23.5. The van der Waals surface area contributed by atoms with Crippen molar-refractivity contribution in [1.82, 2.24) is 44.9 Å². The van der Waals surface area contributed by atoms with Crippen molar-refractivity contribution < 1.29 is 0 Å². The molecule has 147 heavy (non-hydrogen) atoms. The van der Waals surface area contributed by atoms with Crippen molar-refractivity contribution in [1.29, 1.82) is 0 Å². The SMILES string of the molecule is CC1(C)c2cc(-c3nc(-c4ccccc4)nc(-c4ccccc4)n3)ccc2-c2ccc(-c3cccc4c3-c3ccccc3C4(C)C)cc21.CC1(C)c2cc(-c3nc(-c4ccccc4)nc(-c4ccccc4)n3)ccc2-c2ccc(-c3cccc4c3C(C)(C)c3ccccc3-4)cc21.CC1(C)c2ccccc2-c2c(-c3ccc(-c4nc(-c5cccc(-c6ccccc6)c5)nc(-c5cccc(-c6ccccc6)c5)n4)cc3)cccc21. The zero-order valence-corrected chi connectivity index (χ0v) is 83.8. The Labute approximate surface area is 859 Å². The zero-order chi connectivity index (χ0) is 99.6. The maximum atomic E-state index is 5.10. The van der Waals surface area contributed by atoms with Crippen molar-refractivity contribution in [3.05, 3.63) is 511 Å². The maximum Gasteiger partial charge on any atom is 0.164 e. The summed E-state index contributed by atoms with van der Waals surface area (Å²) in [6, 6.07) is 162. The van der Waals surface area contributed by atoms with Crippen LogP contribution in [0.1, 0.15) is 125 Å². The fraction of sp³-hybridized carbons (Fsp3) is 0.109. The Balaban J connectivity index is 0.000000115. The van der Waals surface area contributed by atoms with E-state index in [9.17, 15) is 0 Å². The normalized spacial score (nSPS) is 13.9. The highest BCUT2D eigenvalue weighted by atomic mass is 15.1. The first-order valence-corrected chi connectivity index (χ1v) is 50.9. The third-order valence-electron chi connectivity index (χ3n) is 31.2. The van der Waals surface area contributed by atoms with Gasteiger partial charge >= 0.3 is 0 Å². The topological polar surface area (TPSA) is 116 Å². The molecule has 0 unspecified atom stereocenters. The average molecular weight is 1890 g/mol. The van der Waals surface area contributed by atoms with E-state index in [2.05, 4.69) is 439 Å². The molecule has 0 saturated heterocycles. The first-order chi connectivity index (χ1) is 71.6. The number of rotatable bonds is 14. The minimum absolute atomic E-state index is 0.0274. The quantitative estimate of drug-likeness (QED) is 0.105. The van der Waals surface area contributed by atoms with E-state index in [4.69, 9.17) is 44.9 Å². The first kappa shape index (κ1) is 90.5. The van der Waals surface area contributed by atoms with Crippen LogP contribution in [0.2, 0.25) is 0 Å². The van der Waals surface area contributed by atoms with E-state index in [1.54, 1.807) is 0 Å². The molecular formula is C138H105N9. The number of benzene rings is 19. The third kappa shape index (κ3) is 15.8. The van der Waals surface area contributed by atoms with Gasteiger partial charge in [-0.3, -0.25) is 0 Å². The summed E-state index contributed by atoms with van der Waals surface area (Å²) < 4.78 is 0. The molecule has 0 amide bonds. The highest BCUT2D eigenvalue weighted by Crippen LogP contribution is 2.59. The van der Waals surface area contributed by atoms with Crippen molar-refractivity contribution in [3.63, 3.8) is 0 Å². The van der Waals surface area contributed by atoms with E-state index in [1.807, 2.05) is 84.9 Å². The molecule has 0 N–H and O–H groups in total. The predicted octanol–water partition coefficient (Wildman–Crippen LogP) is 34.5. The van der Waals surface area contributed by atoms with Gasteiger partial charge in [0.2, 0.25) is 0 Å². The third-order valence-corrected chi connectivity index (χ3v) is 31.2. The largest absolute Gasteiger partial charge is 0.208 e. The van der Waals surface area contributed by atoms with Crippen LogP contribution < -0.4 is 0 Å². The highest BCUT2D eigenvalue weighted by Gasteiger charge is 2.43. The molecule has 5 aliphatic carbocycles. The van der Waals surface area contributed by atoms with Crippen LogP contribution in [-0.4, -0.2) is 44.9 Å². The molecule has 9 nitrogen and oxygen atoms in total. The molecule has 0 saturated carbocycles. The monoisotopic (exact) mass is 1890 g/mol. The van der Waals surface area contributed by atoms with Crippen molar-refractivity contribution >= 4 is 0 Å². The minimum atomic E-state index is -0.205. The molecule has 19 aromatic carbocycles. The number of nitrogens with zero attached hydrogens (tertiary/aromatic N) is 9. The number of hydrogen-bond acceptors (Lipinski definition) is 9. The van der Waals surface area contributed by atoms with E-state index in [1.165, 1.54) is 145 Å². The van der Waals surface area contributed by atoms with Crippen LogP contribution in [0.15, 0.2) is 455 Å². The smallest absolute Gasteiger partial charge is 0.164 e. The Bertz CT molecular complexity index is 8740. The van der Waals surface area contributed by atoms with E-state index >= 15 is 0 Å². The molecule has 3 aromatic heterocycles. The fourth-order valence-electron chi connectivity index (χ4n) is 23.5. The summed E-state index contributed by atoms with van der Waals surface area (Å²) >= 11 is 0. The molecule has 0 radical (unpaired) electrons. The van der Waals surface area contributed by atoms with Crippen LogP contribution >= 0.6 is 0 Å². The Hall–Kier alpha value is -17.8. The van der Waals surface area contributed by atoms with Gasteiger partial charge in [0.25, 0.3) is 0 Å². The lowest BCUT2D eigenvalue weighted by Gasteiger charge is -2.26. The maximum absolute atomic E-state index is 5.10. The van der Waals surface area contributed by atoms with Gasteiger partial charge in [-0.25, -0.2) is 44.9 Å². The van der Waals surface area contributed by atoms with Crippen LogP contribution in [-0.2, 0) is 27.1 Å². The van der Waals surface area contributed by atoms with E-state index in [0.29, 0.717) is 52.4 Å². The van der Waals surface area contributed by atoms with Crippen LogP contribution in [0.5, 0.6) is 0 Å². The molecule has 9 heteroatoms. The molecular weight excluding hydrogens is 1780 g/mol. The highest BCUT2D eigenvalue weighted by molar-refractivity contribution is 5.98. The zero-order valence-electron chi connectivity index (χ0n) is 83.8. The van der Waals surface area contributed by atoms with Gasteiger partial charge < -0.3 is 0 Å². The van der Waals surface area contributed by atoms with Gasteiger partial charge in [0.1, 0.15) is 0 Å². The van der Waals surface area contributed by atoms with Crippen molar-refractivity contribution in [2.24, 2.45) is 0 Å². The van der Waals surface area contributed by atoms with Crippen molar-refractivity contribution in [2.45, 2.75) is 96.3 Å². The predicted molar refractivity (Wildman–Crippen MR) is 603 cm³/mol. The Morgan fingerprint density at radius 2 is 0.320 bits per heavy atom. The molecule has 0 fully saturated rings. The van der Waals surface area contributed by atoms with Gasteiger partial charge in [0.05, 0.1) is 0 Å². The molecule has 702 valence electrons. The molecule has 0 atom stereocenters. The molecule has 3 heterocycles. The van der Waals surface area contributed by atoms with Crippen LogP contribution in [0.4, 0.5) is 0 Å². The lowest BCUT2D eigenvalue weighted by atomic mass is 9.77. The summed E-state index contributed by atoms with van der Waals surface area (Å²) in [5.41, 5.74) is 47.1. The molecule has 0 aliphatic heterocycles. The minimum Gasteiger partial charge on any atom is -0.208 e. The number of aromatic nitrogens is 9. The second kappa shape index (κ2) is 36.0. The van der Waals surface area contributed by atoms with Gasteiger partial charge in [0, 0.05) is 77.1 Å². The molecule has 5 aliphatic rings. The van der Waals surface area contributed by atoms with Crippen LogP contribution in [0, 0.1) is 0 Å². The second-order valence-electron chi connectivity index (χ2n) is 41.8. The summed E-state index contributed by atoms with van der Waals surface area (Å²) in [6.45, 7) is 23.5. The van der Waals surface area contributed by atoms with Crippen molar-refractivity contribution in [2.75, 3.05) is 0 Å². The Morgan fingerprint density at radius 3 is 0.687 bits per heavy atom. The summed E-state index contributed by atoms with van der Waals surface area (Å²) in [5.74, 6) is 5.98. The van der Waals surface area contributed by atoms with Crippen LogP contribution in [0.25, 0.3) is 214 Å². The van der Waals surface area contributed by atoms with E-state index in [0.717, 1.165) is 72.3 Å². The summed E-state index contributed by atoms with van der Waals surface area (Å²) in [4.78, 5) is 45.2. The Morgan fingerprint density at radius 1 is 0.116 bits per heavy atom. The van der Waals surface area contributed by atoms with Gasteiger partial charge in [-0.2, -0.15) is 0 Å². The average Bonchev–Trinajstić information content (AvgIpc) is 1.56. The van der Waals surface area contributed by atoms with Crippen molar-refractivity contribution in [3.8, 4) is 214 Å². The summed E-state index contributed by atoms with van der Waals surface area (Å²) in [5, 5.41) is 0. The number of hydrogen-bond donors (Lipinski definition) is 0. The Kier molecular flexibility index (Phi) is 22.1. The summed E-state index contributed by atoms with van der Waals surface area (Å²) in [7, 11) is 0. The second-order valence-corrected chi connectivity index (χ2v) is 41.8. The molecule has 0 spiro atoms. The van der Waals surface area contributed by atoms with Gasteiger partial charge in [-0.1, -0.05) is 488 Å². The van der Waals surface area contributed by atoms with Gasteiger partial charge in [-0.15, -0.1) is 0 Å². The van der Waals surface area contributed by atoms with E-state index < -0.39 is 0 Å². The first-order valence-electron chi connectivity index (χ1n) is 50.9. The molecule has 0 bridgehead atoms.